The van der Waals surface area contributed by atoms with Crippen LogP contribution in [0.2, 0.25) is 0 Å². The van der Waals surface area contributed by atoms with Crippen molar-refractivity contribution in [2.24, 2.45) is 0 Å². The van der Waals surface area contributed by atoms with Gasteiger partial charge in [-0.25, -0.2) is 0 Å². The lowest BCUT2D eigenvalue weighted by molar-refractivity contribution is -0.384. The zero-order valence-corrected chi connectivity index (χ0v) is 13.4. The van der Waals surface area contributed by atoms with Gasteiger partial charge >= 0.3 is 5.97 Å². The van der Waals surface area contributed by atoms with E-state index in [-0.39, 0.29) is 12.1 Å². The van der Waals surface area contributed by atoms with Gasteiger partial charge in [-0.15, -0.1) is 11.8 Å². The molecule has 1 unspecified atom stereocenters. The number of hydrogen-bond acceptors (Lipinski definition) is 6. The van der Waals surface area contributed by atoms with Crippen molar-refractivity contribution in [3.8, 4) is 0 Å². The molecular formula is C16H15N3O4S. The summed E-state index contributed by atoms with van der Waals surface area (Å²) in [6.45, 7) is 0. The van der Waals surface area contributed by atoms with Gasteiger partial charge in [-0.2, -0.15) is 0 Å². The van der Waals surface area contributed by atoms with E-state index in [0.717, 1.165) is 5.56 Å². The summed E-state index contributed by atoms with van der Waals surface area (Å²) in [5.41, 5.74) is 2.22. The summed E-state index contributed by atoms with van der Waals surface area (Å²) >= 11 is 1.41. The number of non-ortho nitro benzene ring substituents is 1. The lowest BCUT2D eigenvalue weighted by atomic mass is 10.2. The van der Waals surface area contributed by atoms with Crippen LogP contribution in [0.1, 0.15) is 12.0 Å². The topological polar surface area (TPSA) is 104 Å². The Morgan fingerprint density at radius 3 is 2.54 bits per heavy atom. The fraction of sp³-hybridized carbons (Fsp3) is 0.188. The number of nitrogens with one attached hydrogen (secondary N) is 2. The normalized spacial score (nSPS) is 18.3. The molecule has 1 aliphatic heterocycles. The van der Waals surface area contributed by atoms with Crippen molar-refractivity contribution >= 4 is 34.8 Å². The van der Waals surface area contributed by atoms with Gasteiger partial charge in [0.25, 0.3) is 5.69 Å². The number of rotatable bonds is 6. The van der Waals surface area contributed by atoms with Crippen molar-refractivity contribution in [3.63, 3.8) is 0 Å². The molecule has 0 saturated heterocycles. The fourth-order valence-corrected chi connectivity index (χ4v) is 3.73. The molecule has 0 aliphatic carbocycles. The number of nitrogens with zero attached hydrogens (tertiary/aromatic N) is 1. The second-order valence-corrected chi connectivity index (χ2v) is 6.68. The number of carboxylic acids is 1. The molecular weight excluding hydrogens is 330 g/mol. The molecule has 1 heterocycles. The first kappa shape index (κ1) is 16.1. The molecule has 124 valence electrons. The lowest BCUT2D eigenvalue weighted by Gasteiger charge is -2.28. The van der Waals surface area contributed by atoms with Gasteiger partial charge < -0.3 is 15.7 Å². The van der Waals surface area contributed by atoms with Gasteiger partial charge in [0.15, 0.2) is 4.99 Å². The van der Waals surface area contributed by atoms with Gasteiger partial charge in [-0.05, 0) is 11.6 Å². The SMILES string of the molecule is O=C(O)CC1(SCc2ccccc2)Nc2ccc([N+](=O)[O-])cc2N1. The molecule has 0 saturated carbocycles. The predicted octanol–water partition coefficient (Wildman–Crippen LogP) is 3.49. The third-order valence-corrected chi connectivity index (χ3v) is 4.93. The summed E-state index contributed by atoms with van der Waals surface area (Å²) in [6.07, 6.45) is -0.174. The van der Waals surface area contributed by atoms with Crippen molar-refractivity contribution in [1.82, 2.24) is 0 Å². The summed E-state index contributed by atoms with van der Waals surface area (Å²) < 4.78 is 0. The minimum atomic E-state index is -0.960. The van der Waals surface area contributed by atoms with Crippen LogP contribution < -0.4 is 10.6 Å². The largest absolute Gasteiger partial charge is 0.481 e. The first-order valence-corrected chi connectivity index (χ1v) is 8.20. The fourth-order valence-electron chi connectivity index (χ4n) is 2.53. The smallest absolute Gasteiger partial charge is 0.308 e. The van der Waals surface area contributed by atoms with E-state index in [1.54, 1.807) is 6.07 Å². The quantitative estimate of drug-likeness (QED) is 0.543. The van der Waals surface area contributed by atoms with Gasteiger partial charge in [-0.3, -0.25) is 14.9 Å². The average molecular weight is 345 g/mol. The van der Waals surface area contributed by atoms with Gasteiger partial charge in [0, 0.05) is 17.9 Å². The number of hydrogen-bond donors (Lipinski definition) is 3. The minimum Gasteiger partial charge on any atom is -0.481 e. The van der Waals surface area contributed by atoms with Crippen molar-refractivity contribution in [1.29, 1.82) is 0 Å². The third-order valence-electron chi connectivity index (χ3n) is 3.62. The molecule has 24 heavy (non-hydrogen) atoms. The molecule has 1 aliphatic rings. The van der Waals surface area contributed by atoms with Crippen LogP contribution in [0, 0.1) is 10.1 Å². The molecule has 8 heteroatoms. The molecule has 7 nitrogen and oxygen atoms in total. The van der Waals surface area contributed by atoms with E-state index in [2.05, 4.69) is 10.6 Å². The van der Waals surface area contributed by atoms with Crippen molar-refractivity contribution in [3.05, 3.63) is 64.2 Å². The van der Waals surface area contributed by atoms with Crippen molar-refractivity contribution < 1.29 is 14.8 Å². The highest BCUT2D eigenvalue weighted by atomic mass is 32.2. The van der Waals surface area contributed by atoms with E-state index in [4.69, 9.17) is 0 Å². The molecule has 1 atom stereocenters. The second-order valence-electron chi connectivity index (χ2n) is 5.41. The predicted molar refractivity (Wildman–Crippen MR) is 93.1 cm³/mol. The molecule has 2 aromatic carbocycles. The van der Waals surface area contributed by atoms with Crippen LogP contribution in [-0.2, 0) is 10.5 Å². The molecule has 0 spiro atoms. The number of thioether (sulfide) groups is 1. The monoisotopic (exact) mass is 345 g/mol. The molecule has 0 bridgehead atoms. The summed E-state index contributed by atoms with van der Waals surface area (Å²) in [7, 11) is 0. The Balaban J connectivity index is 1.82. The summed E-state index contributed by atoms with van der Waals surface area (Å²) in [6, 6.07) is 14.1. The number of aliphatic carboxylic acids is 1. The highest BCUT2D eigenvalue weighted by Crippen LogP contribution is 2.44. The Labute approximate surface area is 142 Å². The number of carboxylic acid groups (broad SMARTS) is 1. The Kier molecular flexibility index (Phi) is 4.30. The van der Waals surface area contributed by atoms with Crippen LogP contribution in [0.4, 0.5) is 17.1 Å². The van der Waals surface area contributed by atoms with E-state index < -0.39 is 15.9 Å². The van der Waals surface area contributed by atoms with E-state index in [0.29, 0.717) is 17.1 Å². The van der Waals surface area contributed by atoms with Crippen molar-refractivity contribution in [2.45, 2.75) is 17.2 Å². The Morgan fingerprint density at radius 2 is 1.88 bits per heavy atom. The zero-order chi connectivity index (χ0) is 17.2. The van der Waals surface area contributed by atoms with Gasteiger partial charge in [0.1, 0.15) is 0 Å². The van der Waals surface area contributed by atoms with E-state index >= 15 is 0 Å². The summed E-state index contributed by atoms with van der Waals surface area (Å²) in [5, 5.41) is 26.4. The van der Waals surface area contributed by atoms with Crippen LogP contribution in [0.3, 0.4) is 0 Å². The second kappa shape index (κ2) is 6.40. The molecule has 3 N–H and O–H groups in total. The molecule has 0 amide bonds. The number of carbonyl (C=O) groups is 1. The molecule has 2 aromatic rings. The number of nitro benzene ring substituents is 1. The van der Waals surface area contributed by atoms with E-state index in [1.165, 1.54) is 23.9 Å². The van der Waals surface area contributed by atoms with Crippen LogP contribution in [0.5, 0.6) is 0 Å². The van der Waals surface area contributed by atoms with E-state index in [1.807, 2.05) is 30.3 Å². The first-order valence-electron chi connectivity index (χ1n) is 7.22. The number of anilines is 2. The van der Waals surface area contributed by atoms with Gasteiger partial charge in [-0.1, -0.05) is 30.3 Å². The Morgan fingerprint density at radius 1 is 1.17 bits per heavy atom. The van der Waals surface area contributed by atoms with Crippen LogP contribution >= 0.6 is 11.8 Å². The van der Waals surface area contributed by atoms with Crippen LogP contribution in [0.15, 0.2) is 48.5 Å². The van der Waals surface area contributed by atoms with Gasteiger partial charge in [0.2, 0.25) is 0 Å². The molecule has 0 radical (unpaired) electrons. The van der Waals surface area contributed by atoms with Crippen molar-refractivity contribution in [2.75, 3.05) is 10.6 Å². The van der Waals surface area contributed by atoms with Crippen LogP contribution in [-0.4, -0.2) is 21.0 Å². The van der Waals surface area contributed by atoms with E-state index in [9.17, 15) is 20.0 Å². The molecule has 0 fully saturated rings. The highest BCUT2D eigenvalue weighted by Gasteiger charge is 2.39. The highest BCUT2D eigenvalue weighted by molar-refractivity contribution is 8.00. The third kappa shape index (κ3) is 3.43. The Hall–Kier alpha value is -2.74. The first-order chi connectivity index (χ1) is 11.5. The standard InChI is InChI=1S/C16H15N3O4S/c20-15(21)9-16(24-10-11-4-2-1-3-5-11)17-13-7-6-12(19(22)23)8-14(13)18-16/h1-8,17-18H,9-10H2,(H,20,21). The summed E-state index contributed by atoms with van der Waals surface area (Å²) in [4.78, 5) is 20.8. The maximum Gasteiger partial charge on any atom is 0.308 e. The number of fused-ring (bicyclic) bond motifs is 1. The lowest BCUT2D eigenvalue weighted by Crippen LogP contribution is -2.40. The molecule has 0 aromatic heterocycles. The average Bonchev–Trinajstić information content (AvgIpc) is 2.90. The van der Waals surface area contributed by atoms with Gasteiger partial charge in [0.05, 0.1) is 22.7 Å². The molecule has 3 rings (SSSR count). The number of nitro groups is 1. The number of benzene rings is 2. The zero-order valence-electron chi connectivity index (χ0n) is 12.6. The maximum atomic E-state index is 11.3. The van der Waals surface area contributed by atoms with Crippen LogP contribution in [0.25, 0.3) is 0 Å². The maximum absolute atomic E-state index is 11.3. The summed E-state index contributed by atoms with van der Waals surface area (Å²) in [5.74, 6) is -0.359. The minimum absolute atomic E-state index is 0.0396. The Bertz CT molecular complexity index is 784.